The third-order valence-electron chi connectivity index (χ3n) is 2.63. The third-order valence-corrected chi connectivity index (χ3v) is 3.84. The SMILES string of the molecule is CCNCCCc1nnc(-c2ccc(Cl)c(Br)c2)o1. The van der Waals surface area contributed by atoms with Gasteiger partial charge in [0.2, 0.25) is 11.8 Å². The maximum atomic E-state index is 5.95. The monoisotopic (exact) mass is 343 g/mol. The number of benzene rings is 1. The maximum absolute atomic E-state index is 5.95. The van der Waals surface area contributed by atoms with Crippen molar-refractivity contribution in [2.75, 3.05) is 13.1 Å². The normalized spacial score (nSPS) is 10.9. The van der Waals surface area contributed by atoms with E-state index in [2.05, 4.69) is 38.4 Å². The zero-order valence-electron chi connectivity index (χ0n) is 10.6. The van der Waals surface area contributed by atoms with Gasteiger partial charge in [-0.3, -0.25) is 0 Å². The molecule has 0 aliphatic heterocycles. The Balaban J connectivity index is 2.01. The number of nitrogens with zero attached hydrogens (tertiary/aromatic N) is 2. The Bertz CT molecular complexity index is 544. The first-order valence-corrected chi connectivity index (χ1v) is 7.36. The van der Waals surface area contributed by atoms with Crippen LogP contribution in [0.2, 0.25) is 5.02 Å². The summed E-state index contributed by atoms with van der Waals surface area (Å²) in [5, 5.41) is 12.0. The number of aryl methyl sites for hydroxylation is 1. The summed E-state index contributed by atoms with van der Waals surface area (Å²) in [4.78, 5) is 0. The van der Waals surface area contributed by atoms with E-state index in [1.54, 1.807) is 6.07 Å². The van der Waals surface area contributed by atoms with Gasteiger partial charge in [-0.25, -0.2) is 0 Å². The van der Waals surface area contributed by atoms with Gasteiger partial charge in [-0.15, -0.1) is 10.2 Å². The topological polar surface area (TPSA) is 51.0 Å². The van der Waals surface area contributed by atoms with E-state index >= 15 is 0 Å². The summed E-state index contributed by atoms with van der Waals surface area (Å²) in [6.45, 7) is 4.03. The van der Waals surface area contributed by atoms with Crippen molar-refractivity contribution in [2.45, 2.75) is 19.8 Å². The lowest BCUT2D eigenvalue weighted by molar-refractivity contribution is 0.492. The van der Waals surface area contributed by atoms with Gasteiger partial charge in [-0.2, -0.15) is 0 Å². The lowest BCUT2D eigenvalue weighted by Gasteiger charge is -1.99. The molecule has 0 aliphatic rings. The highest BCUT2D eigenvalue weighted by Crippen LogP contribution is 2.28. The summed E-state index contributed by atoms with van der Waals surface area (Å²) >= 11 is 9.33. The van der Waals surface area contributed by atoms with Crippen molar-refractivity contribution < 1.29 is 4.42 Å². The minimum atomic E-state index is 0.524. The van der Waals surface area contributed by atoms with Crippen molar-refractivity contribution >= 4 is 27.5 Å². The molecule has 2 aromatic rings. The summed E-state index contributed by atoms with van der Waals surface area (Å²) in [5.41, 5.74) is 0.863. The van der Waals surface area contributed by atoms with Crippen molar-refractivity contribution in [3.8, 4) is 11.5 Å². The highest BCUT2D eigenvalue weighted by Gasteiger charge is 2.09. The predicted molar refractivity (Wildman–Crippen MR) is 79.3 cm³/mol. The van der Waals surface area contributed by atoms with Crippen LogP contribution in [-0.4, -0.2) is 23.3 Å². The molecule has 1 heterocycles. The van der Waals surface area contributed by atoms with Crippen LogP contribution in [0.4, 0.5) is 0 Å². The molecule has 1 aromatic heterocycles. The van der Waals surface area contributed by atoms with E-state index in [-0.39, 0.29) is 0 Å². The van der Waals surface area contributed by atoms with Crippen molar-refractivity contribution in [3.63, 3.8) is 0 Å². The standard InChI is InChI=1S/C13H15BrClN3O/c1-2-16-7-3-4-12-17-18-13(19-12)9-5-6-11(15)10(14)8-9/h5-6,8,16H,2-4,7H2,1H3. The molecule has 6 heteroatoms. The van der Waals surface area contributed by atoms with Gasteiger partial charge in [0.05, 0.1) is 5.02 Å². The molecule has 1 aromatic carbocycles. The zero-order chi connectivity index (χ0) is 13.7. The van der Waals surface area contributed by atoms with Gasteiger partial charge >= 0.3 is 0 Å². The Kier molecular flexibility index (Phi) is 5.36. The molecule has 0 fully saturated rings. The number of nitrogens with one attached hydrogen (secondary N) is 1. The molecule has 0 radical (unpaired) electrons. The van der Waals surface area contributed by atoms with E-state index in [0.717, 1.165) is 36.0 Å². The smallest absolute Gasteiger partial charge is 0.247 e. The molecule has 4 nitrogen and oxygen atoms in total. The number of hydrogen-bond acceptors (Lipinski definition) is 4. The first kappa shape index (κ1) is 14.5. The van der Waals surface area contributed by atoms with Crippen LogP contribution in [0.5, 0.6) is 0 Å². The molecule has 19 heavy (non-hydrogen) atoms. The quantitative estimate of drug-likeness (QED) is 0.812. The van der Waals surface area contributed by atoms with E-state index in [1.807, 2.05) is 12.1 Å². The molecule has 0 spiro atoms. The lowest BCUT2D eigenvalue weighted by atomic mass is 10.2. The molecule has 1 N–H and O–H groups in total. The van der Waals surface area contributed by atoms with E-state index in [1.165, 1.54) is 0 Å². The fraction of sp³-hybridized carbons (Fsp3) is 0.385. The van der Waals surface area contributed by atoms with Gasteiger partial charge in [0.25, 0.3) is 0 Å². The Morgan fingerprint density at radius 3 is 2.95 bits per heavy atom. The molecule has 102 valence electrons. The number of hydrogen-bond donors (Lipinski definition) is 1. The lowest BCUT2D eigenvalue weighted by Crippen LogP contribution is -2.14. The summed E-state index contributed by atoms with van der Waals surface area (Å²) in [7, 11) is 0. The fourth-order valence-electron chi connectivity index (χ4n) is 1.64. The maximum Gasteiger partial charge on any atom is 0.247 e. The van der Waals surface area contributed by atoms with Crippen LogP contribution in [-0.2, 0) is 6.42 Å². The van der Waals surface area contributed by atoms with Gasteiger partial charge in [0, 0.05) is 16.5 Å². The van der Waals surface area contributed by atoms with Crippen molar-refractivity contribution in [1.29, 1.82) is 0 Å². The first-order chi connectivity index (χ1) is 9.20. The molecular formula is C13H15BrClN3O. The van der Waals surface area contributed by atoms with Gasteiger partial charge in [-0.1, -0.05) is 18.5 Å². The number of halogens is 2. The van der Waals surface area contributed by atoms with E-state index in [0.29, 0.717) is 16.8 Å². The van der Waals surface area contributed by atoms with Crippen LogP contribution in [0.25, 0.3) is 11.5 Å². The van der Waals surface area contributed by atoms with Crippen LogP contribution in [0, 0.1) is 0 Å². The molecule has 0 bridgehead atoms. The fourth-order valence-corrected chi connectivity index (χ4v) is 2.14. The molecule has 0 saturated heterocycles. The van der Waals surface area contributed by atoms with Gasteiger partial charge in [0.15, 0.2) is 0 Å². The second-order valence-electron chi connectivity index (χ2n) is 4.09. The minimum Gasteiger partial charge on any atom is -0.421 e. The van der Waals surface area contributed by atoms with Gasteiger partial charge in [0.1, 0.15) is 0 Å². The predicted octanol–water partition coefficient (Wildman–Crippen LogP) is 3.69. The largest absolute Gasteiger partial charge is 0.421 e. The average Bonchev–Trinajstić information content (AvgIpc) is 2.87. The average molecular weight is 345 g/mol. The van der Waals surface area contributed by atoms with E-state index < -0.39 is 0 Å². The second kappa shape index (κ2) is 7.03. The van der Waals surface area contributed by atoms with Crippen LogP contribution >= 0.6 is 27.5 Å². The summed E-state index contributed by atoms with van der Waals surface area (Å²) in [6.07, 6.45) is 1.77. The Morgan fingerprint density at radius 1 is 1.37 bits per heavy atom. The molecule has 0 amide bonds. The first-order valence-electron chi connectivity index (χ1n) is 6.19. The highest BCUT2D eigenvalue weighted by atomic mass is 79.9. The zero-order valence-corrected chi connectivity index (χ0v) is 13.0. The number of aromatic nitrogens is 2. The van der Waals surface area contributed by atoms with Crippen molar-refractivity contribution in [3.05, 3.63) is 33.6 Å². The third kappa shape index (κ3) is 4.03. The summed E-state index contributed by atoms with van der Waals surface area (Å²) < 4.78 is 6.45. The number of rotatable bonds is 6. The molecule has 2 rings (SSSR count). The van der Waals surface area contributed by atoms with Crippen LogP contribution in [0.1, 0.15) is 19.2 Å². The molecule has 0 unspecified atom stereocenters. The minimum absolute atomic E-state index is 0.524. The van der Waals surface area contributed by atoms with Gasteiger partial charge in [-0.05, 0) is 53.6 Å². The Morgan fingerprint density at radius 2 is 2.21 bits per heavy atom. The molecule has 0 aliphatic carbocycles. The van der Waals surface area contributed by atoms with Crippen LogP contribution in [0.15, 0.2) is 27.1 Å². The highest BCUT2D eigenvalue weighted by molar-refractivity contribution is 9.10. The molecular weight excluding hydrogens is 330 g/mol. The Labute approximate surface area is 125 Å². The summed E-state index contributed by atoms with van der Waals surface area (Å²) in [6, 6.07) is 5.54. The summed E-state index contributed by atoms with van der Waals surface area (Å²) in [5.74, 6) is 1.19. The van der Waals surface area contributed by atoms with E-state index in [4.69, 9.17) is 16.0 Å². The van der Waals surface area contributed by atoms with Crippen LogP contribution in [0.3, 0.4) is 0 Å². The molecule has 0 saturated carbocycles. The van der Waals surface area contributed by atoms with Crippen molar-refractivity contribution in [2.24, 2.45) is 0 Å². The van der Waals surface area contributed by atoms with E-state index in [9.17, 15) is 0 Å². The second-order valence-corrected chi connectivity index (χ2v) is 5.35. The van der Waals surface area contributed by atoms with Crippen LogP contribution < -0.4 is 5.32 Å². The molecule has 0 atom stereocenters. The van der Waals surface area contributed by atoms with Gasteiger partial charge < -0.3 is 9.73 Å². The van der Waals surface area contributed by atoms with Crippen molar-refractivity contribution in [1.82, 2.24) is 15.5 Å². The Hall–Kier alpha value is -0.910.